The molecule has 0 spiro atoms. The molecule has 0 aliphatic carbocycles. The van der Waals surface area contributed by atoms with Gasteiger partial charge in [-0.05, 0) is 41.6 Å². The summed E-state index contributed by atoms with van der Waals surface area (Å²) in [7, 11) is 0. The van der Waals surface area contributed by atoms with Crippen molar-refractivity contribution in [3.8, 4) is 0 Å². The van der Waals surface area contributed by atoms with E-state index in [0.717, 1.165) is 16.1 Å². The largest absolute Gasteiger partial charge is 0.481 e. The van der Waals surface area contributed by atoms with Gasteiger partial charge in [0.1, 0.15) is 0 Å². The number of hydrogen-bond acceptors (Lipinski definition) is 4. The minimum Gasteiger partial charge on any atom is -0.481 e. The molecule has 1 aromatic heterocycles. The quantitative estimate of drug-likeness (QED) is 0.777. The van der Waals surface area contributed by atoms with Crippen LogP contribution >= 0.6 is 11.3 Å². The molecule has 1 aliphatic rings. The number of aliphatic carboxylic acids is 1. The average molecular weight is 344 g/mol. The molecule has 124 valence electrons. The first kappa shape index (κ1) is 16.2. The van der Waals surface area contributed by atoms with Gasteiger partial charge in [-0.3, -0.25) is 14.4 Å². The number of fused-ring (bicyclic) bond motifs is 1. The van der Waals surface area contributed by atoms with E-state index in [9.17, 15) is 14.4 Å². The smallest absolute Gasteiger partial charge is 0.305 e. The van der Waals surface area contributed by atoms with E-state index in [4.69, 9.17) is 5.11 Å². The van der Waals surface area contributed by atoms with E-state index in [1.54, 1.807) is 24.3 Å². The number of carboxylic acid groups (broad SMARTS) is 1. The van der Waals surface area contributed by atoms with E-state index in [1.807, 2.05) is 11.4 Å². The molecular formula is C17H16N2O4S. The van der Waals surface area contributed by atoms with E-state index in [1.165, 1.54) is 11.3 Å². The molecule has 1 unspecified atom stereocenters. The van der Waals surface area contributed by atoms with E-state index in [2.05, 4.69) is 10.6 Å². The molecule has 0 radical (unpaired) electrons. The summed E-state index contributed by atoms with van der Waals surface area (Å²) in [6.07, 6.45) is 0.813. The summed E-state index contributed by atoms with van der Waals surface area (Å²) in [6.45, 7) is 0. The van der Waals surface area contributed by atoms with Gasteiger partial charge in [0.2, 0.25) is 5.91 Å². The van der Waals surface area contributed by atoms with Crippen LogP contribution in [0.1, 0.15) is 39.7 Å². The summed E-state index contributed by atoms with van der Waals surface area (Å²) < 4.78 is 0. The molecule has 3 rings (SSSR count). The maximum atomic E-state index is 12.5. The van der Waals surface area contributed by atoms with Crippen molar-refractivity contribution >= 4 is 34.8 Å². The highest BCUT2D eigenvalue weighted by Crippen LogP contribution is 2.25. The first-order chi connectivity index (χ1) is 11.5. The highest BCUT2D eigenvalue weighted by Gasteiger charge is 2.21. The van der Waals surface area contributed by atoms with Crippen LogP contribution in [0.25, 0.3) is 0 Å². The molecule has 0 fully saturated rings. The molecule has 2 amide bonds. The van der Waals surface area contributed by atoms with Gasteiger partial charge in [-0.15, -0.1) is 11.3 Å². The second-order valence-electron chi connectivity index (χ2n) is 5.56. The van der Waals surface area contributed by atoms with Gasteiger partial charge in [0, 0.05) is 22.5 Å². The normalized spacial score (nSPS) is 14.4. The third kappa shape index (κ3) is 3.62. The Morgan fingerprint density at radius 2 is 2.12 bits per heavy atom. The lowest BCUT2D eigenvalue weighted by molar-refractivity contribution is -0.137. The van der Waals surface area contributed by atoms with Crippen LogP contribution in [0, 0.1) is 0 Å². The van der Waals surface area contributed by atoms with Crippen LogP contribution in [0.4, 0.5) is 5.69 Å². The summed E-state index contributed by atoms with van der Waals surface area (Å²) in [5, 5.41) is 16.5. The van der Waals surface area contributed by atoms with Gasteiger partial charge >= 0.3 is 5.97 Å². The predicted octanol–water partition coefficient (Wildman–Crippen LogP) is 2.58. The van der Waals surface area contributed by atoms with Crippen LogP contribution in [0.15, 0.2) is 35.7 Å². The Balaban J connectivity index is 1.78. The van der Waals surface area contributed by atoms with Gasteiger partial charge in [0.25, 0.3) is 5.91 Å². The molecule has 2 heterocycles. The van der Waals surface area contributed by atoms with Crippen LogP contribution in [-0.4, -0.2) is 22.9 Å². The monoisotopic (exact) mass is 344 g/mol. The van der Waals surface area contributed by atoms with E-state index in [0.29, 0.717) is 18.4 Å². The van der Waals surface area contributed by atoms with E-state index >= 15 is 0 Å². The van der Waals surface area contributed by atoms with Gasteiger partial charge in [0.15, 0.2) is 0 Å². The maximum absolute atomic E-state index is 12.5. The highest BCUT2D eigenvalue weighted by atomic mass is 32.1. The molecule has 3 N–H and O–H groups in total. The lowest BCUT2D eigenvalue weighted by Gasteiger charge is -2.19. The van der Waals surface area contributed by atoms with Crippen molar-refractivity contribution in [2.45, 2.75) is 25.3 Å². The molecule has 6 nitrogen and oxygen atoms in total. The van der Waals surface area contributed by atoms with Crippen LogP contribution in [0.3, 0.4) is 0 Å². The number of thiophene rings is 1. The Morgan fingerprint density at radius 3 is 2.83 bits per heavy atom. The number of anilines is 1. The summed E-state index contributed by atoms with van der Waals surface area (Å²) in [4.78, 5) is 35.7. The number of aryl methyl sites for hydroxylation is 1. The topological polar surface area (TPSA) is 95.5 Å². The molecule has 1 aliphatic heterocycles. The van der Waals surface area contributed by atoms with Gasteiger partial charge in [0.05, 0.1) is 12.5 Å². The number of benzene rings is 1. The minimum atomic E-state index is -0.971. The van der Waals surface area contributed by atoms with Crippen molar-refractivity contribution in [2.75, 3.05) is 5.32 Å². The maximum Gasteiger partial charge on any atom is 0.305 e. The number of carbonyl (C=O) groups is 3. The fourth-order valence-electron chi connectivity index (χ4n) is 2.65. The number of carbonyl (C=O) groups excluding carboxylic acids is 2. The molecule has 7 heteroatoms. The first-order valence-corrected chi connectivity index (χ1v) is 8.40. The average Bonchev–Trinajstić information content (AvgIpc) is 3.07. The fourth-order valence-corrected chi connectivity index (χ4v) is 3.43. The Bertz CT molecular complexity index is 786. The van der Waals surface area contributed by atoms with Crippen molar-refractivity contribution < 1.29 is 19.5 Å². The van der Waals surface area contributed by atoms with Gasteiger partial charge in [-0.1, -0.05) is 6.07 Å². The molecule has 0 saturated heterocycles. The zero-order chi connectivity index (χ0) is 17.1. The highest BCUT2D eigenvalue weighted by molar-refractivity contribution is 7.10. The Morgan fingerprint density at radius 1 is 1.29 bits per heavy atom. The number of rotatable bonds is 5. The molecule has 0 bridgehead atoms. The van der Waals surface area contributed by atoms with E-state index < -0.39 is 12.0 Å². The third-order valence-corrected chi connectivity index (χ3v) is 4.82. The molecular weight excluding hydrogens is 328 g/mol. The van der Waals surface area contributed by atoms with Gasteiger partial charge in [-0.25, -0.2) is 0 Å². The Labute approximate surface area is 142 Å². The molecule has 1 aromatic carbocycles. The van der Waals surface area contributed by atoms with Crippen LogP contribution in [-0.2, 0) is 16.0 Å². The van der Waals surface area contributed by atoms with Crippen LogP contribution < -0.4 is 10.6 Å². The zero-order valence-electron chi connectivity index (χ0n) is 12.7. The van der Waals surface area contributed by atoms with Crippen molar-refractivity contribution in [3.63, 3.8) is 0 Å². The standard InChI is InChI=1S/C17H16N2O4S/c20-15-6-4-10-8-11(3-5-12(10)18-15)17(23)19-13(9-16(21)22)14-2-1-7-24-14/h1-3,5,7-8,13H,4,6,9H2,(H,18,20)(H,19,23)(H,21,22). The number of nitrogens with one attached hydrogen (secondary N) is 2. The second-order valence-corrected chi connectivity index (χ2v) is 6.54. The number of amides is 2. The lowest BCUT2D eigenvalue weighted by Crippen LogP contribution is -2.30. The summed E-state index contributed by atoms with van der Waals surface area (Å²) >= 11 is 1.41. The Kier molecular flexibility index (Phi) is 4.61. The van der Waals surface area contributed by atoms with Crippen molar-refractivity contribution in [2.24, 2.45) is 0 Å². The van der Waals surface area contributed by atoms with Gasteiger partial charge in [-0.2, -0.15) is 0 Å². The summed E-state index contributed by atoms with van der Waals surface area (Å²) in [5.74, 6) is -1.32. The molecule has 2 aromatic rings. The Hall–Kier alpha value is -2.67. The van der Waals surface area contributed by atoms with Crippen molar-refractivity contribution in [1.29, 1.82) is 0 Å². The summed E-state index contributed by atoms with van der Waals surface area (Å²) in [6, 6.07) is 8.15. The second kappa shape index (κ2) is 6.84. The van der Waals surface area contributed by atoms with Crippen molar-refractivity contribution in [3.05, 3.63) is 51.7 Å². The molecule has 24 heavy (non-hydrogen) atoms. The van der Waals surface area contributed by atoms with Crippen molar-refractivity contribution in [1.82, 2.24) is 5.32 Å². The number of carboxylic acids is 1. The van der Waals surface area contributed by atoms with Gasteiger partial charge < -0.3 is 15.7 Å². The molecule has 1 atom stereocenters. The third-order valence-electron chi connectivity index (χ3n) is 3.83. The SMILES string of the molecule is O=C(O)CC(NC(=O)c1ccc2c(c1)CCC(=O)N2)c1cccs1. The minimum absolute atomic E-state index is 0.0288. The first-order valence-electron chi connectivity index (χ1n) is 7.52. The van der Waals surface area contributed by atoms with Crippen LogP contribution in [0.2, 0.25) is 0 Å². The lowest BCUT2D eigenvalue weighted by atomic mass is 10.00. The number of hydrogen-bond donors (Lipinski definition) is 3. The summed E-state index contributed by atoms with van der Waals surface area (Å²) in [5.41, 5.74) is 2.09. The van der Waals surface area contributed by atoms with Crippen LogP contribution in [0.5, 0.6) is 0 Å². The van der Waals surface area contributed by atoms with E-state index in [-0.39, 0.29) is 18.2 Å². The predicted molar refractivity (Wildman–Crippen MR) is 90.2 cm³/mol. The fraction of sp³-hybridized carbons (Fsp3) is 0.235. The zero-order valence-corrected chi connectivity index (χ0v) is 13.6. The molecule has 0 saturated carbocycles.